The predicted molar refractivity (Wildman–Crippen MR) is 121 cm³/mol. The lowest BCUT2D eigenvalue weighted by Crippen LogP contribution is -2.05. The van der Waals surface area contributed by atoms with Crippen LogP contribution in [-0.2, 0) is 5.75 Å². The first kappa shape index (κ1) is 19.3. The van der Waals surface area contributed by atoms with E-state index in [2.05, 4.69) is 65.0 Å². The molecule has 0 unspecified atom stereocenters. The highest BCUT2D eigenvalue weighted by Crippen LogP contribution is 2.23. The van der Waals surface area contributed by atoms with Crippen molar-refractivity contribution in [2.24, 2.45) is 15.9 Å². The van der Waals surface area contributed by atoms with Crippen LogP contribution in [0.4, 0.5) is 0 Å². The monoisotopic (exact) mass is 391 g/mol. The topological polar surface area (TPSA) is 50.7 Å². The highest BCUT2D eigenvalue weighted by atomic mass is 32.2. The van der Waals surface area contributed by atoms with Gasteiger partial charge in [0.2, 0.25) is 0 Å². The summed E-state index contributed by atoms with van der Waals surface area (Å²) in [4.78, 5) is 1.26. The first-order valence-corrected chi connectivity index (χ1v) is 10.7. The van der Waals surface area contributed by atoms with E-state index in [1.165, 1.54) is 27.8 Å². The van der Waals surface area contributed by atoms with Gasteiger partial charge in [0.25, 0.3) is 0 Å². The fraction of sp³-hybridized carbons (Fsp3) is 0.0909. The number of hydrogen-bond acceptors (Lipinski definition) is 4. The molecular weight excluding hydrogens is 370 g/mol. The molecule has 0 atom stereocenters. The molecule has 3 aromatic rings. The Bertz CT molecular complexity index is 920. The SMILES string of the molecule is CSc1ccc(-c2cccc(C=NN=C(N)SCc3ccccc3)c2)cc1. The van der Waals surface area contributed by atoms with Crippen molar-refractivity contribution in [1.29, 1.82) is 0 Å². The summed E-state index contributed by atoms with van der Waals surface area (Å²) in [5.74, 6) is 0.785. The third-order valence-corrected chi connectivity index (χ3v) is 5.50. The van der Waals surface area contributed by atoms with E-state index in [0.29, 0.717) is 5.17 Å². The minimum atomic E-state index is 0.457. The van der Waals surface area contributed by atoms with Crippen LogP contribution in [0.3, 0.4) is 0 Å². The van der Waals surface area contributed by atoms with E-state index in [9.17, 15) is 0 Å². The first-order chi connectivity index (χ1) is 13.2. The van der Waals surface area contributed by atoms with Crippen molar-refractivity contribution in [2.45, 2.75) is 10.6 Å². The molecule has 136 valence electrons. The summed E-state index contributed by atoms with van der Waals surface area (Å²) < 4.78 is 0. The van der Waals surface area contributed by atoms with Gasteiger partial charge in [-0.25, -0.2) is 0 Å². The lowest BCUT2D eigenvalue weighted by Gasteiger charge is -2.04. The third kappa shape index (κ3) is 6.01. The molecular formula is C22H21N3S2. The van der Waals surface area contributed by atoms with Crippen LogP contribution in [0.5, 0.6) is 0 Å². The van der Waals surface area contributed by atoms with Crippen molar-refractivity contribution >= 4 is 34.9 Å². The van der Waals surface area contributed by atoms with E-state index in [-0.39, 0.29) is 0 Å². The quantitative estimate of drug-likeness (QED) is 0.255. The first-order valence-electron chi connectivity index (χ1n) is 8.52. The maximum atomic E-state index is 5.93. The molecule has 0 aliphatic heterocycles. The summed E-state index contributed by atoms with van der Waals surface area (Å²) in [5, 5.41) is 8.67. The van der Waals surface area contributed by atoms with Crippen LogP contribution in [0.15, 0.2) is 94.0 Å². The Kier molecular flexibility index (Phi) is 7.13. The highest BCUT2D eigenvalue weighted by molar-refractivity contribution is 8.13. The van der Waals surface area contributed by atoms with E-state index >= 15 is 0 Å². The van der Waals surface area contributed by atoms with Gasteiger partial charge in [0.05, 0.1) is 6.21 Å². The number of rotatable bonds is 6. The Morgan fingerprint density at radius 3 is 2.44 bits per heavy atom. The summed E-state index contributed by atoms with van der Waals surface area (Å²) >= 11 is 3.22. The van der Waals surface area contributed by atoms with Gasteiger partial charge in [-0.3, -0.25) is 0 Å². The molecule has 3 nitrogen and oxygen atoms in total. The summed E-state index contributed by atoms with van der Waals surface area (Å²) in [6.07, 6.45) is 3.81. The molecule has 27 heavy (non-hydrogen) atoms. The van der Waals surface area contributed by atoms with E-state index in [4.69, 9.17) is 5.73 Å². The fourth-order valence-corrected chi connectivity index (χ4v) is 3.51. The molecule has 0 heterocycles. The molecule has 0 bridgehead atoms. The lowest BCUT2D eigenvalue weighted by molar-refractivity contribution is 1.25. The predicted octanol–water partition coefficient (Wildman–Crippen LogP) is 5.66. The van der Waals surface area contributed by atoms with Crippen molar-refractivity contribution in [1.82, 2.24) is 0 Å². The Morgan fingerprint density at radius 2 is 1.70 bits per heavy atom. The normalized spacial score (nSPS) is 11.8. The maximum Gasteiger partial charge on any atom is 0.180 e. The molecule has 0 amide bonds. The lowest BCUT2D eigenvalue weighted by atomic mass is 10.0. The molecule has 0 aliphatic rings. The number of nitrogens with zero attached hydrogens (tertiary/aromatic N) is 2. The Morgan fingerprint density at radius 1 is 0.926 bits per heavy atom. The maximum absolute atomic E-state index is 5.93. The van der Waals surface area contributed by atoms with E-state index in [0.717, 1.165) is 16.9 Å². The van der Waals surface area contributed by atoms with E-state index < -0.39 is 0 Å². The molecule has 0 radical (unpaired) electrons. The van der Waals surface area contributed by atoms with Crippen molar-refractivity contribution in [3.8, 4) is 11.1 Å². The molecule has 5 heteroatoms. The summed E-state index contributed by atoms with van der Waals surface area (Å²) in [7, 11) is 0. The number of amidine groups is 1. The van der Waals surface area contributed by atoms with Crippen molar-refractivity contribution < 1.29 is 0 Å². The van der Waals surface area contributed by atoms with Gasteiger partial charge < -0.3 is 5.73 Å². The van der Waals surface area contributed by atoms with Gasteiger partial charge in [-0.1, -0.05) is 72.4 Å². The molecule has 0 fully saturated rings. The number of thioether (sulfide) groups is 2. The molecule has 0 spiro atoms. The molecule has 3 rings (SSSR count). The zero-order valence-corrected chi connectivity index (χ0v) is 16.7. The van der Waals surface area contributed by atoms with Gasteiger partial charge in [-0.05, 0) is 46.7 Å². The number of benzene rings is 3. The minimum absolute atomic E-state index is 0.457. The van der Waals surface area contributed by atoms with Crippen LogP contribution in [0.1, 0.15) is 11.1 Å². The van der Waals surface area contributed by atoms with Crippen molar-refractivity contribution in [3.63, 3.8) is 0 Å². The molecule has 3 aromatic carbocycles. The number of hydrogen-bond donors (Lipinski definition) is 1. The van der Waals surface area contributed by atoms with Crippen LogP contribution in [0.2, 0.25) is 0 Å². The van der Waals surface area contributed by atoms with Crippen LogP contribution < -0.4 is 5.73 Å². The third-order valence-electron chi connectivity index (χ3n) is 3.90. The molecule has 0 aliphatic carbocycles. The van der Waals surface area contributed by atoms with Crippen molar-refractivity contribution in [2.75, 3.05) is 6.26 Å². The molecule has 0 aromatic heterocycles. The van der Waals surface area contributed by atoms with Gasteiger partial charge in [0.15, 0.2) is 5.17 Å². The van der Waals surface area contributed by atoms with Gasteiger partial charge in [0.1, 0.15) is 0 Å². The second kappa shape index (κ2) is 10.00. The van der Waals surface area contributed by atoms with Gasteiger partial charge in [-0.15, -0.1) is 16.9 Å². The highest BCUT2D eigenvalue weighted by Gasteiger charge is 1.99. The van der Waals surface area contributed by atoms with E-state index in [1.807, 2.05) is 30.3 Å². The van der Waals surface area contributed by atoms with Gasteiger partial charge in [0, 0.05) is 10.6 Å². The summed E-state index contributed by atoms with van der Waals surface area (Å²) in [5.41, 5.74) is 10.5. The second-order valence-electron chi connectivity index (χ2n) is 5.81. The zero-order valence-electron chi connectivity index (χ0n) is 15.1. The average Bonchev–Trinajstić information content (AvgIpc) is 2.73. The zero-order chi connectivity index (χ0) is 18.9. The Labute approximate surface area is 168 Å². The molecule has 0 saturated heterocycles. The largest absolute Gasteiger partial charge is 0.377 e. The van der Waals surface area contributed by atoms with Crippen LogP contribution in [-0.4, -0.2) is 17.6 Å². The van der Waals surface area contributed by atoms with Gasteiger partial charge >= 0.3 is 0 Å². The summed E-state index contributed by atoms with van der Waals surface area (Å²) in [6, 6.07) is 26.9. The number of nitrogens with two attached hydrogens (primary N) is 1. The fourth-order valence-electron chi connectivity index (χ4n) is 2.49. The Balaban J connectivity index is 1.62. The average molecular weight is 392 g/mol. The standard InChI is InChI=1S/C22H21N3S2/c1-26-21-12-10-19(11-13-21)20-9-5-8-18(14-20)15-24-25-22(23)27-16-17-6-3-2-4-7-17/h2-15H,16H2,1H3,(H2,23,25). The minimum Gasteiger partial charge on any atom is -0.377 e. The van der Waals surface area contributed by atoms with Crippen molar-refractivity contribution in [3.05, 3.63) is 90.0 Å². The Hall–Kier alpha value is -2.50. The second-order valence-corrected chi connectivity index (χ2v) is 7.69. The van der Waals surface area contributed by atoms with Crippen LogP contribution in [0.25, 0.3) is 11.1 Å². The van der Waals surface area contributed by atoms with Crippen LogP contribution >= 0.6 is 23.5 Å². The van der Waals surface area contributed by atoms with E-state index in [1.54, 1.807) is 18.0 Å². The molecule has 2 N–H and O–H groups in total. The molecule has 0 saturated carbocycles. The summed E-state index contributed by atoms with van der Waals surface area (Å²) in [6.45, 7) is 0. The smallest absolute Gasteiger partial charge is 0.180 e. The van der Waals surface area contributed by atoms with Crippen LogP contribution in [0, 0.1) is 0 Å². The van der Waals surface area contributed by atoms with Gasteiger partial charge in [-0.2, -0.15) is 5.10 Å².